The average molecular weight is 231 g/mol. The van der Waals surface area contributed by atoms with Crippen molar-refractivity contribution in [1.82, 2.24) is 4.90 Å². The predicted octanol–water partition coefficient (Wildman–Crippen LogP) is 2.93. The van der Waals surface area contributed by atoms with Crippen molar-refractivity contribution in [3.8, 4) is 5.75 Å². The number of methoxy groups -OCH3 is 1. The fourth-order valence-corrected chi connectivity index (χ4v) is 3.49. The Morgan fingerprint density at radius 3 is 2.71 bits per heavy atom. The molecule has 0 aromatic heterocycles. The first kappa shape index (κ1) is 11.1. The van der Waals surface area contributed by atoms with E-state index in [9.17, 15) is 0 Å². The van der Waals surface area contributed by atoms with Gasteiger partial charge in [0, 0.05) is 19.6 Å². The van der Waals surface area contributed by atoms with E-state index in [1.807, 2.05) is 6.07 Å². The normalized spacial score (nSPS) is 28.3. The van der Waals surface area contributed by atoms with Gasteiger partial charge in [0.25, 0.3) is 0 Å². The number of hydrogen-bond donors (Lipinski definition) is 0. The lowest BCUT2D eigenvalue weighted by atomic mass is 10.0. The Morgan fingerprint density at radius 2 is 2.00 bits per heavy atom. The van der Waals surface area contributed by atoms with Gasteiger partial charge in [0.05, 0.1) is 7.11 Å². The first-order valence-corrected chi connectivity index (χ1v) is 6.70. The van der Waals surface area contributed by atoms with Crippen molar-refractivity contribution in [3.05, 3.63) is 29.8 Å². The second-order valence-electron chi connectivity index (χ2n) is 5.50. The molecule has 2 atom stereocenters. The van der Waals surface area contributed by atoms with Gasteiger partial charge in [-0.15, -0.1) is 0 Å². The lowest BCUT2D eigenvalue weighted by molar-refractivity contribution is 0.303. The van der Waals surface area contributed by atoms with Crippen molar-refractivity contribution >= 4 is 0 Å². The first-order valence-electron chi connectivity index (χ1n) is 6.70. The monoisotopic (exact) mass is 231 g/mol. The summed E-state index contributed by atoms with van der Waals surface area (Å²) in [7, 11) is 1.74. The van der Waals surface area contributed by atoms with Gasteiger partial charge < -0.3 is 4.74 Å². The maximum Gasteiger partial charge on any atom is 0.119 e. The maximum absolute atomic E-state index is 5.28. The van der Waals surface area contributed by atoms with Crippen molar-refractivity contribution in [2.24, 2.45) is 11.8 Å². The summed E-state index contributed by atoms with van der Waals surface area (Å²) in [4.78, 5) is 2.61. The minimum absolute atomic E-state index is 0.974. The van der Waals surface area contributed by atoms with Crippen LogP contribution in [0.1, 0.15) is 24.8 Å². The third-order valence-electron chi connectivity index (χ3n) is 4.34. The van der Waals surface area contributed by atoms with Crippen molar-refractivity contribution < 1.29 is 4.74 Å². The average Bonchev–Trinajstić information content (AvgIpc) is 2.90. The molecule has 1 aliphatic heterocycles. The van der Waals surface area contributed by atoms with Crippen LogP contribution in [0.15, 0.2) is 24.3 Å². The van der Waals surface area contributed by atoms with E-state index in [0.29, 0.717) is 0 Å². The summed E-state index contributed by atoms with van der Waals surface area (Å²) in [5, 5.41) is 0. The van der Waals surface area contributed by atoms with Crippen molar-refractivity contribution in [2.75, 3.05) is 20.2 Å². The number of nitrogens with zero attached hydrogens (tertiary/aromatic N) is 1. The molecule has 0 radical (unpaired) electrons. The van der Waals surface area contributed by atoms with Crippen LogP contribution in [0, 0.1) is 11.8 Å². The summed E-state index contributed by atoms with van der Waals surface area (Å²) < 4.78 is 5.28. The summed E-state index contributed by atoms with van der Waals surface area (Å²) in [5.74, 6) is 2.95. The number of likely N-dealkylation sites (tertiary alicyclic amines) is 1. The Bertz CT molecular complexity index is 378. The highest BCUT2D eigenvalue weighted by atomic mass is 16.5. The lowest BCUT2D eigenvalue weighted by Gasteiger charge is -2.17. The Kier molecular flexibility index (Phi) is 3.06. The van der Waals surface area contributed by atoms with Crippen molar-refractivity contribution in [3.63, 3.8) is 0 Å². The van der Waals surface area contributed by atoms with E-state index < -0.39 is 0 Å². The van der Waals surface area contributed by atoms with E-state index in [1.54, 1.807) is 7.11 Å². The quantitative estimate of drug-likeness (QED) is 0.793. The molecule has 2 heteroatoms. The van der Waals surface area contributed by atoms with Gasteiger partial charge in [-0.25, -0.2) is 0 Å². The zero-order valence-electron chi connectivity index (χ0n) is 10.6. The zero-order chi connectivity index (χ0) is 11.7. The van der Waals surface area contributed by atoms with Crippen LogP contribution < -0.4 is 4.74 Å². The van der Waals surface area contributed by atoms with Crippen LogP contribution in [0.25, 0.3) is 0 Å². The Hall–Kier alpha value is -1.02. The molecule has 3 rings (SSSR count). The number of rotatable bonds is 3. The molecule has 1 saturated carbocycles. The minimum Gasteiger partial charge on any atom is -0.497 e. The second-order valence-corrected chi connectivity index (χ2v) is 5.50. The minimum atomic E-state index is 0.974. The fourth-order valence-electron chi connectivity index (χ4n) is 3.49. The molecular weight excluding hydrogens is 210 g/mol. The summed E-state index contributed by atoms with van der Waals surface area (Å²) >= 11 is 0. The molecular formula is C15H21NO. The molecule has 0 spiro atoms. The SMILES string of the molecule is COc1cccc(CN2CC3CCCC3C2)c1. The summed E-state index contributed by atoms with van der Waals surface area (Å²) in [6.45, 7) is 3.70. The van der Waals surface area contributed by atoms with Crippen LogP contribution in [-0.4, -0.2) is 25.1 Å². The molecule has 0 N–H and O–H groups in total. The van der Waals surface area contributed by atoms with Crippen LogP contribution >= 0.6 is 0 Å². The van der Waals surface area contributed by atoms with E-state index in [-0.39, 0.29) is 0 Å². The van der Waals surface area contributed by atoms with E-state index in [1.165, 1.54) is 37.9 Å². The largest absolute Gasteiger partial charge is 0.497 e. The second kappa shape index (κ2) is 4.69. The maximum atomic E-state index is 5.28. The Balaban J connectivity index is 1.63. The van der Waals surface area contributed by atoms with Crippen molar-refractivity contribution in [2.45, 2.75) is 25.8 Å². The van der Waals surface area contributed by atoms with Gasteiger partial charge in [-0.2, -0.15) is 0 Å². The molecule has 1 aromatic rings. The standard InChI is InChI=1S/C15H21NO/c1-17-15-7-2-4-12(8-15)9-16-10-13-5-3-6-14(13)11-16/h2,4,7-8,13-14H,3,5-6,9-11H2,1H3. The van der Waals surface area contributed by atoms with Gasteiger partial charge in [-0.05, 0) is 42.4 Å². The van der Waals surface area contributed by atoms with Crippen LogP contribution in [0.3, 0.4) is 0 Å². The lowest BCUT2D eigenvalue weighted by Crippen LogP contribution is -2.21. The third kappa shape index (κ3) is 2.32. The summed E-state index contributed by atoms with van der Waals surface area (Å²) in [5.41, 5.74) is 1.38. The van der Waals surface area contributed by atoms with Crippen molar-refractivity contribution in [1.29, 1.82) is 0 Å². The predicted molar refractivity (Wildman–Crippen MR) is 69.1 cm³/mol. The van der Waals surface area contributed by atoms with Gasteiger partial charge in [-0.3, -0.25) is 4.90 Å². The molecule has 92 valence electrons. The molecule has 1 aromatic carbocycles. The van der Waals surface area contributed by atoms with Crippen LogP contribution in [0.5, 0.6) is 5.75 Å². The highest BCUT2D eigenvalue weighted by Gasteiger charge is 2.35. The van der Waals surface area contributed by atoms with Crippen LogP contribution in [-0.2, 0) is 6.54 Å². The number of hydrogen-bond acceptors (Lipinski definition) is 2. The van der Waals surface area contributed by atoms with Crippen LogP contribution in [0.2, 0.25) is 0 Å². The van der Waals surface area contributed by atoms with Gasteiger partial charge in [-0.1, -0.05) is 18.6 Å². The van der Waals surface area contributed by atoms with Gasteiger partial charge in [0.2, 0.25) is 0 Å². The molecule has 1 saturated heterocycles. The Labute approximate surface area is 104 Å². The topological polar surface area (TPSA) is 12.5 Å². The number of benzene rings is 1. The van der Waals surface area contributed by atoms with E-state index in [4.69, 9.17) is 4.74 Å². The fraction of sp³-hybridized carbons (Fsp3) is 0.600. The number of fused-ring (bicyclic) bond motifs is 1. The van der Waals surface area contributed by atoms with Gasteiger partial charge in [0.15, 0.2) is 0 Å². The molecule has 17 heavy (non-hydrogen) atoms. The summed E-state index contributed by atoms with van der Waals surface area (Å²) in [6, 6.07) is 8.47. The highest BCUT2D eigenvalue weighted by molar-refractivity contribution is 5.28. The van der Waals surface area contributed by atoms with Gasteiger partial charge in [0.1, 0.15) is 5.75 Å². The molecule has 0 amide bonds. The van der Waals surface area contributed by atoms with E-state index in [2.05, 4.69) is 23.1 Å². The van der Waals surface area contributed by atoms with E-state index in [0.717, 1.165) is 24.1 Å². The molecule has 2 fully saturated rings. The highest BCUT2D eigenvalue weighted by Crippen LogP contribution is 2.38. The molecule has 1 aliphatic carbocycles. The molecule has 2 nitrogen and oxygen atoms in total. The first-order chi connectivity index (χ1) is 8.35. The Morgan fingerprint density at radius 1 is 1.24 bits per heavy atom. The summed E-state index contributed by atoms with van der Waals surface area (Å²) in [6.07, 6.45) is 4.38. The molecule has 2 aliphatic rings. The number of ether oxygens (including phenoxy) is 1. The molecule has 0 bridgehead atoms. The molecule has 2 unspecified atom stereocenters. The zero-order valence-corrected chi connectivity index (χ0v) is 10.6. The molecule has 1 heterocycles. The van der Waals surface area contributed by atoms with E-state index >= 15 is 0 Å². The van der Waals surface area contributed by atoms with Crippen LogP contribution in [0.4, 0.5) is 0 Å². The third-order valence-corrected chi connectivity index (χ3v) is 4.34. The smallest absolute Gasteiger partial charge is 0.119 e. The van der Waals surface area contributed by atoms with Gasteiger partial charge >= 0.3 is 0 Å².